The fraction of sp³-hybridized carbons (Fsp3) is 0.227. The van der Waals surface area contributed by atoms with Gasteiger partial charge in [-0.2, -0.15) is 5.10 Å². The average molecular weight is 392 g/mol. The number of hydrogen-bond donors (Lipinski definition) is 1. The molecule has 28 heavy (non-hydrogen) atoms. The topological polar surface area (TPSA) is 54.3 Å². The Kier molecular flexibility index (Phi) is 4.20. The second-order valence-corrected chi connectivity index (χ2v) is 7.74. The maximum absolute atomic E-state index is 10.3. The van der Waals surface area contributed by atoms with E-state index in [1.54, 1.807) is 17.4 Å². The standard InChI is InChI=1S/C22H20N2O3S/c1-2-26-19-10-5-8-15-17-13-16(14-7-3-4-9-18(14)25)23-24(17)22(27-21(15)19)20-11-6-12-28-20/h3-12,17,22,25H,2,13H2,1H3. The molecule has 2 atom stereocenters. The molecule has 2 aromatic carbocycles. The Morgan fingerprint density at radius 2 is 2.07 bits per heavy atom. The van der Waals surface area contributed by atoms with Crippen LogP contribution in [0.5, 0.6) is 17.2 Å². The van der Waals surface area contributed by atoms with Gasteiger partial charge in [-0.05, 0) is 36.6 Å². The summed E-state index contributed by atoms with van der Waals surface area (Å²) in [7, 11) is 0. The van der Waals surface area contributed by atoms with E-state index in [4.69, 9.17) is 14.6 Å². The molecule has 0 saturated carbocycles. The van der Waals surface area contributed by atoms with Crippen LogP contribution in [0.1, 0.15) is 41.6 Å². The number of hydrogen-bond acceptors (Lipinski definition) is 6. The molecule has 0 saturated heterocycles. The molecule has 3 heterocycles. The van der Waals surface area contributed by atoms with E-state index in [0.717, 1.165) is 33.2 Å². The van der Waals surface area contributed by atoms with E-state index < -0.39 is 0 Å². The Morgan fingerprint density at radius 1 is 1.18 bits per heavy atom. The van der Waals surface area contributed by atoms with Crippen LogP contribution in [0, 0.1) is 0 Å². The van der Waals surface area contributed by atoms with Crippen molar-refractivity contribution in [3.63, 3.8) is 0 Å². The summed E-state index contributed by atoms with van der Waals surface area (Å²) >= 11 is 1.65. The summed E-state index contributed by atoms with van der Waals surface area (Å²) in [5.41, 5.74) is 2.69. The van der Waals surface area contributed by atoms with Crippen LogP contribution in [-0.2, 0) is 0 Å². The van der Waals surface area contributed by atoms with Crippen LogP contribution >= 0.6 is 11.3 Å². The lowest BCUT2D eigenvalue weighted by molar-refractivity contribution is -0.0188. The number of benzene rings is 2. The van der Waals surface area contributed by atoms with Crippen molar-refractivity contribution < 1.29 is 14.6 Å². The first-order valence-corrected chi connectivity index (χ1v) is 10.2. The molecular formula is C22H20N2O3S. The van der Waals surface area contributed by atoms with Crippen LogP contribution in [0.3, 0.4) is 0 Å². The second-order valence-electron chi connectivity index (χ2n) is 6.76. The number of para-hydroxylation sites is 2. The fourth-order valence-corrected chi connectivity index (χ4v) is 4.60. The van der Waals surface area contributed by atoms with Crippen molar-refractivity contribution in [2.75, 3.05) is 6.61 Å². The predicted octanol–water partition coefficient (Wildman–Crippen LogP) is 5.09. The number of phenols is 1. The summed E-state index contributed by atoms with van der Waals surface area (Å²) < 4.78 is 12.3. The van der Waals surface area contributed by atoms with Crippen LogP contribution in [0.15, 0.2) is 65.1 Å². The van der Waals surface area contributed by atoms with Gasteiger partial charge in [0.05, 0.1) is 23.2 Å². The van der Waals surface area contributed by atoms with E-state index in [-0.39, 0.29) is 18.0 Å². The monoisotopic (exact) mass is 392 g/mol. The highest BCUT2D eigenvalue weighted by molar-refractivity contribution is 7.10. The van der Waals surface area contributed by atoms with Gasteiger partial charge >= 0.3 is 0 Å². The van der Waals surface area contributed by atoms with Crippen LogP contribution in [0.4, 0.5) is 0 Å². The van der Waals surface area contributed by atoms with Gasteiger partial charge in [-0.25, -0.2) is 5.01 Å². The molecule has 0 spiro atoms. The normalized spacial score (nSPS) is 20.2. The first-order chi connectivity index (χ1) is 13.8. The SMILES string of the molecule is CCOc1cccc2c1OC(c1cccs1)N1N=C(c3ccccc3O)CC21. The van der Waals surface area contributed by atoms with E-state index in [1.807, 2.05) is 53.7 Å². The highest BCUT2D eigenvalue weighted by Crippen LogP contribution is 2.51. The summed E-state index contributed by atoms with van der Waals surface area (Å²) in [6.45, 7) is 2.55. The number of hydrazone groups is 1. The molecule has 3 aromatic rings. The number of fused-ring (bicyclic) bond motifs is 3. The van der Waals surface area contributed by atoms with Crippen molar-refractivity contribution in [3.05, 3.63) is 76.0 Å². The molecule has 1 N–H and O–H groups in total. The van der Waals surface area contributed by atoms with Crippen LogP contribution in [0.25, 0.3) is 0 Å². The van der Waals surface area contributed by atoms with Crippen LogP contribution < -0.4 is 9.47 Å². The number of aromatic hydroxyl groups is 1. The molecule has 6 heteroatoms. The van der Waals surface area contributed by atoms with Crippen LogP contribution in [-0.4, -0.2) is 22.4 Å². The lowest BCUT2D eigenvalue weighted by atomic mass is 9.96. The predicted molar refractivity (Wildman–Crippen MR) is 109 cm³/mol. The zero-order valence-electron chi connectivity index (χ0n) is 15.4. The second kappa shape index (κ2) is 6.87. The van der Waals surface area contributed by atoms with Crippen molar-refractivity contribution in [1.29, 1.82) is 0 Å². The molecule has 5 nitrogen and oxygen atoms in total. The fourth-order valence-electron chi connectivity index (χ4n) is 3.85. The highest BCUT2D eigenvalue weighted by Gasteiger charge is 2.42. The van der Waals surface area contributed by atoms with Gasteiger partial charge in [-0.3, -0.25) is 0 Å². The molecule has 2 aliphatic heterocycles. The minimum absolute atomic E-state index is 0.0332. The highest BCUT2D eigenvalue weighted by atomic mass is 32.1. The third kappa shape index (κ3) is 2.72. The minimum atomic E-state index is -0.317. The Morgan fingerprint density at radius 3 is 2.86 bits per heavy atom. The summed E-state index contributed by atoms with van der Waals surface area (Å²) in [5.74, 6) is 1.80. The Labute approximate surface area is 167 Å². The number of rotatable bonds is 4. The maximum atomic E-state index is 10.3. The molecule has 2 aliphatic rings. The van der Waals surface area contributed by atoms with Gasteiger partial charge in [0.25, 0.3) is 0 Å². The average Bonchev–Trinajstić information content (AvgIpc) is 3.38. The van der Waals surface area contributed by atoms with Gasteiger partial charge in [-0.1, -0.05) is 30.3 Å². The van der Waals surface area contributed by atoms with E-state index in [1.165, 1.54) is 0 Å². The molecule has 1 aromatic heterocycles. The van der Waals surface area contributed by atoms with Gasteiger partial charge in [-0.15, -0.1) is 11.3 Å². The summed E-state index contributed by atoms with van der Waals surface area (Å²) in [6.07, 6.45) is 0.383. The zero-order valence-corrected chi connectivity index (χ0v) is 16.2. The third-order valence-electron chi connectivity index (χ3n) is 5.08. The molecule has 0 fully saturated rings. The molecule has 0 bridgehead atoms. The van der Waals surface area contributed by atoms with Crippen molar-refractivity contribution in [1.82, 2.24) is 5.01 Å². The number of thiophene rings is 1. The van der Waals surface area contributed by atoms with Crippen LogP contribution in [0.2, 0.25) is 0 Å². The summed E-state index contributed by atoms with van der Waals surface area (Å²) in [4.78, 5) is 1.09. The largest absolute Gasteiger partial charge is 0.507 e. The van der Waals surface area contributed by atoms with Crippen molar-refractivity contribution >= 4 is 17.0 Å². The van der Waals surface area contributed by atoms with Gasteiger partial charge in [0.15, 0.2) is 11.5 Å². The van der Waals surface area contributed by atoms with Gasteiger partial charge in [0.1, 0.15) is 5.75 Å². The van der Waals surface area contributed by atoms with Gasteiger partial charge < -0.3 is 14.6 Å². The van der Waals surface area contributed by atoms with E-state index in [2.05, 4.69) is 12.1 Å². The van der Waals surface area contributed by atoms with E-state index in [9.17, 15) is 5.11 Å². The molecule has 2 unspecified atom stereocenters. The van der Waals surface area contributed by atoms with E-state index in [0.29, 0.717) is 13.0 Å². The molecule has 142 valence electrons. The Bertz CT molecular complexity index is 1030. The zero-order chi connectivity index (χ0) is 19.1. The number of nitrogens with zero attached hydrogens (tertiary/aromatic N) is 2. The van der Waals surface area contributed by atoms with Crippen molar-refractivity contribution in [3.8, 4) is 17.2 Å². The van der Waals surface area contributed by atoms with Gasteiger partial charge in [0, 0.05) is 17.5 Å². The summed E-state index contributed by atoms with van der Waals surface area (Å²) in [5, 5.41) is 19.3. The first kappa shape index (κ1) is 17.1. The molecule has 0 amide bonds. The molecule has 5 rings (SSSR count). The molecule has 0 radical (unpaired) electrons. The third-order valence-corrected chi connectivity index (χ3v) is 5.98. The Hall–Kier alpha value is -2.99. The minimum Gasteiger partial charge on any atom is -0.507 e. The molecular weight excluding hydrogens is 372 g/mol. The quantitative estimate of drug-likeness (QED) is 0.672. The number of phenolic OH excluding ortho intramolecular Hbond substituents is 1. The number of ether oxygens (including phenoxy) is 2. The van der Waals surface area contributed by atoms with Gasteiger partial charge in [0.2, 0.25) is 6.23 Å². The van der Waals surface area contributed by atoms with Crippen molar-refractivity contribution in [2.45, 2.75) is 25.6 Å². The Balaban J connectivity index is 1.62. The van der Waals surface area contributed by atoms with Crippen molar-refractivity contribution in [2.24, 2.45) is 5.10 Å². The molecule has 0 aliphatic carbocycles. The smallest absolute Gasteiger partial charge is 0.223 e. The lowest BCUT2D eigenvalue weighted by Crippen LogP contribution is -2.33. The lowest BCUT2D eigenvalue weighted by Gasteiger charge is -2.38. The maximum Gasteiger partial charge on any atom is 0.223 e. The summed E-state index contributed by atoms with van der Waals surface area (Å²) in [6, 6.07) is 17.5. The van der Waals surface area contributed by atoms with E-state index >= 15 is 0 Å². The first-order valence-electron chi connectivity index (χ1n) is 9.36.